The third-order valence-electron chi connectivity index (χ3n) is 6.49. The van der Waals surface area contributed by atoms with Crippen LogP contribution in [0.2, 0.25) is 0 Å². The lowest BCUT2D eigenvalue weighted by atomic mass is 9.83. The topological polar surface area (TPSA) is 24.7 Å². The smallest absolute Gasteiger partial charge is 0.235 e. The molecule has 3 rings (SSSR count). The minimum absolute atomic E-state index is 0.229. The van der Waals surface area contributed by atoms with Crippen LogP contribution in [-0.4, -0.2) is 56.3 Å². The molecular formula is C27H39N2O2+. The normalized spacial score (nSPS) is 18.6. The van der Waals surface area contributed by atoms with Crippen LogP contribution >= 0.6 is 0 Å². The second kappa shape index (κ2) is 9.97. The van der Waals surface area contributed by atoms with Gasteiger partial charge in [0.15, 0.2) is 12.1 Å². The van der Waals surface area contributed by atoms with Crippen molar-refractivity contribution in [2.45, 2.75) is 53.6 Å². The highest BCUT2D eigenvalue weighted by molar-refractivity contribution is 5.57. The molecule has 1 heterocycles. The van der Waals surface area contributed by atoms with E-state index >= 15 is 0 Å². The van der Waals surface area contributed by atoms with Crippen molar-refractivity contribution in [1.82, 2.24) is 4.90 Å². The summed E-state index contributed by atoms with van der Waals surface area (Å²) in [5.74, 6) is 0. The van der Waals surface area contributed by atoms with Crippen molar-refractivity contribution in [3.8, 4) is 0 Å². The molecule has 0 aliphatic carbocycles. The molecule has 4 heteroatoms. The Hall–Kier alpha value is -2.17. The van der Waals surface area contributed by atoms with Gasteiger partial charge in [-0.1, -0.05) is 35.4 Å². The summed E-state index contributed by atoms with van der Waals surface area (Å²) in [7, 11) is 3.56. The molecule has 2 aromatic rings. The number of hydrogen-bond donors (Lipinski definition) is 0. The summed E-state index contributed by atoms with van der Waals surface area (Å²) in [6.07, 6.45) is 2.31. The number of hydrogen-bond acceptors (Lipinski definition) is 3. The lowest BCUT2D eigenvalue weighted by Gasteiger charge is -2.29. The molecule has 4 nitrogen and oxygen atoms in total. The van der Waals surface area contributed by atoms with Crippen LogP contribution < -0.4 is 0 Å². The molecule has 0 radical (unpaired) electrons. The van der Waals surface area contributed by atoms with Gasteiger partial charge in [-0.2, -0.15) is 0 Å². The van der Waals surface area contributed by atoms with Crippen molar-refractivity contribution in [2.24, 2.45) is 0 Å². The molecule has 0 N–H and O–H groups in total. The zero-order valence-electron chi connectivity index (χ0n) is 20.6. The molecular weight excluding hydrogens is 384 g/mol. The summed E-state index contributed by atoms with van der Waals surface area (Å²) in [4.78, 5) is 2.48. The molecule has 0 aromatic heterocycles. The largest absolute Gasteiger partial charge is 0.381 e. The van der Waals surface area contributed by atoms with Crippen LogP contribution in [0.4, 0.5) is 0 Å². The third kappa shape index (κ3) is 4.86. The maximum Gasteiger partial charge on any atom is 0.235 e. The van der Waals surface area contributed by atoms with Crippen molar-refractivity contribution in [2.75, 3.05) is 40.5 Å². The number of aryl methyl sites for hydroxylation is 6. The van der Waals surface area contributed by atoms with Crippen LogP contribution in [-0.2, 0) is 9.47 Å². The number of nitrogens with zero attached hydrogens (tertiary/aromatic N) is 2. The van der Waals surface area contributed by atoms with Gasteiger partial charge in [0.2, 0.25) is 6.34 Å². The van der Waals surface area contributed by atoms with Crippen LogP contribution in [0.3, 0.4) is 0 Å². The molecule has 2 aromatic carbocycles. The molecule has 1 aliphatic heterocycles. The Kier molecular flexibility index (Phi) is 7.55. The van der Waals surface area contributed by atoms with Crippen LogP contribution in [0.25, 0.3) is 0 Å². The quantitative estimate of drug-likeness (QED) is 0.561. The summed E-state index contributed by atoms with van der Waals surface area (Å²) >= 11 is 0. The molecule has 0 amide bonds. The number of methoxy groups -OCH3 is 2. The molecule has 1 aliphatic rings. The van der Waals surface area contributed by atoms with E-state index in [0.29, 0.717) is 13.2 Å². The Morgan fingerprint density at radius 1 is 0.742 bits per heavy atom. The van der Waals surface area contributed by atoms with Gasteiger partial charge in [-0.3, -0.25) is 9.48 Å². The first-order valence-electron chi connectivity index (χ1n) is 11.3. The zero-order valence-corrected chi connectivity index (χ0v) is 20.6. The maximum absolute atomic E-state index is 5.48. The molecule has 0 saturated heterocycles. The Morgan fingerprint density at radius 3 is 1.71 bits per heavy atom. The fourth-order valence-corrected chi connectivity index (χ4v) is 5.45. The van der Waals surface area contributed by atoms with E-state index in [1.54, 1.807) is 14.2 Å². The lowest BCUT2D eigenvalue weighted by molar-refractivity contribution is -0.565. The number of rotatable bonds is 8. The van der Waals surface area contributed by atoms with Crippen molar-refractivity contribution < 1.29 is 14.0 Å². The summed E-state index contributed by atoms with van der Waals surface area (Å²) in [6, 6.07) is 9.74. The van der Waals surface area contributed by atoms with Gasteiger partial charge >= 0.3 is 0 Å². The van der Waals surface area contributed by atoms with Crippen LogP contribution in [0.15, 0.2) is 24.3 Å². The molecule has 0 spiro atoms. The van der Waals surface area contributed by atoms with Crippen molar-refractivity contribution in [1.29, 1.82) is 0 Å². The summed E-state index contributed by atoms with van der Waals surface area (Å²) in [5.41, 5.74) is 10.9. The predicted molar refractivity (Wildman–Crippen MR) is 128 cm³/mol. The Morgan fingerprint density at radius 2 is 1.23 bits per heavy atom. The van der Waals surface area contributed by atoms with Crippen LogP contribution in [0.5, 0.6) is 0 Å². The maximum atomic E-state index is 5.48. The van der Waals surface area contributed by atoms with Crippen LogP contribution in [0, 0.1) is 41.5 Å². The van der Waals surface area contributed by atoms with Gasteiger partial charge in [0, 0.05) is 25.3 Å². The highest BCUT2D eigenvalue weighted by Crippen LogP contribution is 2.44. The van der Waals surface area contributed by atoms with E-state index in [4.69, 9.17) is 9.47 Å². The molecule has 0 saturated carbocycles. The average Bonchev–Trinajstić information content (AvgIpc) is 3.01. The molecule has 2 unspecified atom stereocenters. The fraction of sp³-hybridized carbons (Fsp3) is 0.519. The number of benzene rings is 2. The van der Waals surface area contributed by atoms with Gasteiger partial charge in [0.25, 0.3) is 0 Å². The Bertz CT molecular complexity index is 918. The highest BCUT2D eigenvalue weighted by Gasteiger charge is 2.46. The molecule has 31 heavy (non-hydrogen) atoms. The summed E-state index contributed by atoms with van der Waals surface area (Å²) in [6.45, 7) is 16.5. The van der Waals surface area contributed by atoms with E-state index in [1.807, 2.05) is 0 Å². The van der Waals surface area contributed by atoms with Crippen molar-refractivity contribution >= 4 is 6.34 Å². The van der Waals surface area contributed by atoms with Gasteiger partial charge in [0.05, 0.1) is 13.2 Å². The SMILES string of the molecule is COCCN1C=[N+](CCOC)C(c2c(C)cc(C)cc2C)C1c1c(C)cc(C)cc1C. The van der Waals surface area contributed by atoms with Crippen molar-refractivity contribution in [3.05, 3.63) is 68.8 Å². The van der Waals surface area contributed by atoms with E-state index < -0.39 is 0 Å². The highest BCUT2D eigenvalue weighted by atomic mass is 16.5. The van der Waals surface area contributed by atoms with Gasteiger partial charge in [-0.05, 0) is 63.8 Å². The average molecular weight is 424 g/mol. The second-order valence-electron chi connectivity index (χ2n) is 9.09. The first-order chi connectivity index (χ1) is 14.8. The number of ether oxygens (including phenoxy) is 2. The Balaban J connectivity index is 2.22. The van der Waals surface area contributed by atoms with E-state index in [0.717, 1.165) is 13.1 Å². The van der Waals surface area contributed by atoms with Gasteiger partial charge in [0.1, 0.15) is 13.1 Å². The van der Waals surface area contributed by atoms with Crippen molar-refractivity contribution in [3.63, 3.8) is 0 Å². The minimum Gasteiger partial charge on any atom is -0.381 e. The van der Waals surface area contributed by atoms with Crippen LogP contribution in [0.1, 0.15) is 56.6 Å². The molecule has 0 bridgehead atoms. The first kappa shape index (κ1) is 23.5. The second-order valence-corrected chi connectivity index (χ2v) is 9.09. The lowest BCUT2D eigenvalue weighted by Crippen LogP contribution is -2.31. The zero-order chi connectivity index (χ0) is 22.7. The predicted octanol–water partition coefficient (Wildman–Crippen LogP) is 4.97. The fourth-order valence-electron chi connectivity index (χ4n) is 5.45. The van der Waals surface area contributed by atoms with E-state index in [-0.39, 0.29) is 12.1 Å². The van der Waals surface area contributed by atoms with Gasteiger partial charge < -0.3 is 9.47 Å². The van der Waals surface area contributed by atoms with Gasteiger partial charge in [-0.15, -0.1) is 0 Å². The van der Waals surface area contributed by atoms with E-state index in [2.05, 4.69) is 81.6 Å². The first-order valence-corrected chi connectivity index (χ1v) is 11.3. The van der Waals surface area contributed by atoms with E-state index in [9.17, 15) is 0 Å². The standard InChI is InChI=1S/C27H39N2O2/c1-18-13-20(3)24(21(4)14-18)26-27(25-22(5)15-19(2)16-23(25)6)29(10-12-31-8)17-28(26)9-11-30-7/h13-17,26-27H,9-12H2,1-8H3/q+1. The molecule has 0 fully saturated rings. The molecule has 168 valence electrons. The molecule has 2 atom stereocenters. The summed E-state index contributed by atoms with van der Waals surface area (Å²) in [5, 5.41) is 0. The third-order valence-corrected chi connectivity index (χ3v) is 6.49. The Labute approximate surface area is 188 Å². The monoisotopic (exact) mass is 423 g/mol. The van der Waals surface area contributed by atoms with Gasteiger partial charge in [-0.25, -0.2) is 0 Å². The minimum atomic E-state index is 0.229. The van der Waals surface area contributed by atoms with E-state index in [1.165, 1.54) is 44.5 Å². The summed E-state index contributed by atoms with van der Waals surface area (Å²) < 4.78 is 13.4.